The van der Waals surface area contributed by atoms with Gasteiger partial charge in [-0.25, -0.2) is 12.8 Å². The molecule has 30 heavy (non-hydrogen) atoms. The molecule has 0 radical (unpaired) electrons. The lowest BCUT2D eigenvalue weighted by Crippen LogP contribution is -2.34. The van der Waals surface area contributed by atoms with Crippen LogP contribution in [0.5, 0.6) is 0 Å². The third-order valence-corrected chi connectivity index (χ3v) is 5.88. The van der Waals surface area contributed by atoms with Gasteiger partial charge in [0.05, 0.1) is 22.9 Å². The molecule has 0 aliphatic carbocycles. The summed E-state index contributed by atoms with van der Waals surface area (Å²) in [6, 6.07) is 14.4. The molecule has 158 valence electrons. The van der Waals surface area contributed by atoms with Crippen molar-refractivity contribution in [1.29, 1.82) is 0 Å². The topological polar surface area (TPSA) is 91.7 Å². The third kappa shape index (κ3) is 5.05. The highest BCUT2D eigenvalue weighted by Gasteiger charge is 2.20. The number of furan rings is 1. The highest BCUT2D eigenvalue weighted by atomic mass is 32.2. The van der Waals surface area contributed by atoms with Crippen LogP contribution in [0.1, 0.15) is 22.2 Å². The maximum absolute atomic E-state index is 13.7. The van der Waals surface area contributed by atoms with E-state index in [1.807, 2.05) is 25.1 Å². The molecule has 0 aliphatic heterocycles. The van der Waals surface area contributed by atoms with Gasteiger partial charge in [-0.15, -0.1) is 0 Å². The molecule has 1 atom stereocenters. The summed E-state index contributed by atoms with van der Waals surface area (Å²) in [5, 5.41) is 2.82. The summed E-state index contributed by atoms with van der Waals surface area (Å²) in [5.41, 5.74) is 0.156. The van der Waals surface area contributed by atoms with Crippen LogP contribution in [-0.2, 0) is 10.0 Å². The summed E-state index contributed by atoms with van der Waals surface area (Å²) in [4.78, 5) is 14.3. The van der Waals surface area contributed by atoms with E-state index >= 15 is 0 Å². The van der Waals surface area contributed by atoms with Crippen LogP contribution in [0.25, 0.3) is 0 Å². The Balaban J connectivity index is 1.67. The first-order valence-electron chi connectivity index (χ1n) is 9.13. The van der Waals surface area contributed by atoms with Crippen LogP contribution >= 0.6 is 0 Å². The molecule has 0 spiro atoms. The van der Waals surface area contributed by atoms with Crippen LogP contribution in [-0.4, -0.2) is 39.9 Å². The fourth-order valence-corrected chi connectivity index (χ4v) is 3.91. The van der Waals surface area contributed by atoms with Crippen LogP contribution < -0.4 is 10.0 Å². The average Bonchev–Trinajstić information content (AvgIpc) is 3.24. The van der Waals surface area contributed by atoms with Crippen LogP contribution in [0.2, 0.25) is 0 Å². The van der Waals surface area contributed by atoms with Gasteiger partial charge < -0.3 is 9.73 Å². The number of sulfonamides is 1. The lowest BCUT2D eigenvalue weighted by Gasteiger charge is -2.22. The minimum absolute atomic E-state index is 0.0796. The highest BCUT2D eigenvalue weighted by molar-refractivity contribution is 7.92. The highest BCUT2D eigenvalue weighted by Crippen LogP contribution is 2.20. The van der Waals surface area contributed by atoms with E-state index in [0.717, 1.165) is 11.8 Å². The lowest BCUT2D eigenvalue weighted by atomic mass is 10.2. The monoisotopic (exact) mass is 431 g/mol. The maximum Gasteiger partial charge on any atom is 0.261 e. The SMILES string of the molecule is CN(C)[C@H](CNC(=O)c1ccc(S(=O)(=O)Nc2ccccc2F)cc1)c1ccco1. The predicted octanol–water partition coefficient (Wildman–Crippen LogP) is 3.25. The Bertz CT molecular complexity index is 1100. The molecule has 0 saturated carbocycles. The van der Waals surface area contributed by atoms with Crippen LogP contribution in [0, 0.1) is 5.82 Å². The number of anilines is 1. The molecule has 7 nitrogen and oxygen atoms in total. The summed E-state index contributed by atoms with van der Waals surface area (Å²) in [5.74, 6) is -0.301. The Hall–Kier alpha value is -3.17. The molecular formula is C21H22FN3O4S. The van der Waals surface area contributed by atoms with Crippen molar-refractivity contribution in [3.63, 3.8) is 0 Å². The van der Waals surface area contributed by atoms with Gasteiger partial charge in [0, 0.05) is 12.1 Å². The first-order chi connectivity index (χ1) is 14.3. The number of hydrogen-bond acceptors (Lipinski definition) is 5. The second-order valence-electron chi connectivity index (χ2n) is 6.81. The fraction of sp³-hybridized carbons (Fsp3) is 0.190. The minimum Gasteiger partial charge on any atom is -0.468 e. The molecule has 2 aromatic carbocycles. The first-order valence-corrected chi connectivity index (χ1v) is 10.6. The number of likely N-dealkylation sites (N-methyl/N-ethyl adjacent to an activating group) is 1. The molecule has 3 aromatic rings. The number of carbonyl (C=O) groups excluding carboxylic acids is 1. The second-order valence-corrected chi connectivity index (χ2v) is 8.50. The Morgan fingerprint density at radius 3 is 2.37 bits per heavy atom. The second kappa shape index (κ2) is 9.10. The number of nitrogens with one attached hydrogen (secondary N) is 2. The van der Waals surface area contributed by atoms with Crippen molar-refractivity contribution in [3.8, 4) is 0 Å². The Labute approximate surface area is 174 Å². The molecule has 9 heteroatoms. The summed E-state index contributed by atoms with van der Waals surface area (Å²) >= 11 is 0. The van der Waals surface area contributed by atoms with E-state index in [9.17, 15) is 17.6 Å². The van der Waals surface area contributed by atoms with E-state index < -0.39 is 15.8 Å². The molecule has 0 unspecified atom stereocenters. The van der Waals surface area contributed by atoms with Crippen molar-refractivity contribution in [3.05, 3.63) is 84.1 Å². The summed E-state index contributed by atoms with van der Waals surface area (Å²) in [6.45, 7) is 0.314. The number of benzene rings is 2. The number of rotatable bonds is 8. The van der Waals surface area contributed by atoms with Crippen LogP contribution in [0.3, 0.4) is 0 Å². The zero-order valence-corrected chi connectivity index (χ0v) is 17.3. The molecule has 3 rings (SSSR count). The maximum atomic E-state index is 13.7. The molecule has 1 amide bonds. The number of amides is 1. The van der Waals surface area contributed by atoms with Gasteiger partial charge in [-0.1, -0.05) is 12.1 Å². The smallest absolute Gasteiger partial charge is 0.261 e. The van der Waals surface area contributed by atoms with E-state index in [1.165, 1.54) is 42.5 Å². The molecular weight excluding hydrogens is 409 g/mol. The van der Waals surface area contributed by atoms with Crippen molar-refractivity contribution in [2.75, 3.05) is 25.4 Å². The van der Waals surface area contributed by atoms with Crippen molar-refractivity contribution >= 4 is 21.6 Å². The van der Waals surface area contributed by atoms with Crippen LogP contribution in [0.15, 0.2) is 76.2 Å². The zero-order valence-electron chi connectivity index (χ0n) is 16.5. The van der Waals surface area contributed by atoms with Crippen molar-refractivity contribution < 1.29 is 22.0 Å². The lowest BCUT2D eigenvalue weighted by molar-refractivity contribution is 0.0939. The summed E-state index contributed by atoms with van der Waals surface area (Å²) < 4.78 is 46.3. The molecule has 0 fully saturated rings. The van der Waals surface area contributed by atoms with Gasteiger partial charge >= 0.3 is 0 Å². The largest absolute Gasteiger partial charge is 0.468 e. The quantitative estimate of drug-likeness (QED) is 0.571. The van der Waals surface area contributed by atoms with Crippen LogP contribution in [0.4, 0.5) is 10.1 Å². The average molecular weight is 431 g/mol. The van der Waals surface area contributed by atoms with Gasteiger partial charge in [-0.05, 0) is 62.6 Å². The van der Waals surface area contributed by atoms with E-state index in [4.69, 9.17) is 4.42 Å². The fourth-order valence-electron chi connectivity index (χ4n) is 2.84. The Kier molecular flexibility index (Phi) is 6.53. The van der Waals surface area contributed by atoms with Crippen molar-refractivity contribution in [1.82, 2.24) is 10.2 Å². The molecule has 0 aliphatic rings. The number of hydrogen-bond donors (Lipinski definition) is 2. The van der Waals surface area contributed by atoms with E-state index in [2.05, 4.69) is 10.0 Å². The molecule has 1 aromatic heterocycles. The normalized spacial score (nSPS) is 12.5. The zero-order chi connectivity index (χ0) is 21.7. The summed E-state index contributed by atoms with van der Waals surface area (Å²) in [7, 11) is -0.233. The van der Waals surface area contributed by atoms with E-state index in [1.54, 1.807) is 12.3 Å². The molecule has 1 heterocycles. The number of halogens is 1. The number of nitrogens with zero attached hydrogens (tertiary/aromatic N) is 1. The minimum atomic E-state index is -3.99. The Morgan fingerprint density at radius 2 is 1.77 bits per heavy atom. The van der Waals surface area contributed by atoms with Crippen molar-refractivity contribution in [2.45, 2.75) is 10.9 Å². The number of para-hydroxylation sites is 1. The standard InChI is InChI=1S/C21H22FN3O4S/c1-25(2)19(20-8-5-13-29-20)14-23-21(26)15-9-11-16(12-10-15)30(27,28)24-18-7-4-3-6-17(18)22/h3-13,19,24H,14H2,1-2H3,(H,23,26)/t19-/m1/s1. The van der Waals surface area contributed by atoms with Gasteiger partial charge in [0.2, 0.25) is 0 Å². The molecule has 2 N–H and O–H groups in total. The first kappa shape index (κ1) is 21.5. The molecule has 0 saturated heterocycles. The van der Waals surface area contributed by atoms with Gasteiger partial charge in [0.1, 0.15) is 11.6 Å². The van der Waals surface area contributed by atoms with Gasteiger partial charge in [0.15, 0.2) is 0 Å². The van der Waals surface area contributed by atoms with E-state index in [0.29, 0.717) is 12.1 Å². The third-order valence-electron chi connectivity index (χ3n) is 4.50. The Morgan fingerprint density at radius 1 is 1.07 bits per heavy atom. The van der Waals surface area contributed by atoms with Gasteiger partial charge in [-0.2, -0.15) is 0 Å². The van der Waals surface area contributed by atoms with E-state index in [-0.39, 0.29) is 22.5 Å². The van der Waals surface area contributed by atoms with Crippen molar-refractivity contribution in [2.24, 2.45) is 0 Å². The van der Waals surface area contributed by atoms with Gasteiger partial charge in [0.25, 0.3) is 15.9 Å². The molecule has 0 bridgehead atoms. The summed E-state index contributed by atoms with van der Waals surface area (Å²) in [6.07, 6.45) is 1.57. The van der Waals surface area contributed by atoms with Gasteiger partial charge in [-0.3, -0.25) is 14.4 Å². The number of carbonyl (C=O) groups is 1. The predicted molar refractivity (Wildman–Crippen MR) is 111 cm³/mol.